The molecular formula is C17H17FN4O2S. The first-order valence-corrected chi connectivity index (χ1v) is 9.18. The minimum atomic E-state index is -0.371. The predicted octanol–water partition coefficient (Wildman–Crippen LogP) is 2.94. The maximum Gasteiger partial charge on any atom is 0.214 e. The number of rotatable bonds is 2. The Kier molecular flexibility index (Phi) is 3.51. The van der Waals surface area contributed by atoms with Gasteiger partial charge in [-0.25, -0.2) is 13.9 Å². The van der Waals surface area contributed by atoms with Crippen molar-refractivity contribution in [2.24, 2.45) is 0 Å². The number of nitrogens with zero attached hydrogens (tertiary/aromatic N) is 4. The molecule has 4 heterocycles. The molecule has 3 aromatic rings. The van der Waals surface area contributed by atoms with Crippen LogP contribution in [0.15, 0.2) is 30.5 Å². The van der Waals surface area contributed by atoms with E-state index < -0.39 is 0 Å². The van der Waals surface area contributed by atoms with Gasteiger partial charge in [-0.1, -0.05) is 11.3 Å². The van der Waals surface area contributed by atoms with Crippen molar-refractivity contribution in [3.63, 3.8) is 0 Å². The van der Waals surface area contributed by atoms with E-state index in [0.717, 1.165) is 47.3 Å². The molecule has 2 aliphatic heterocycles. The van der Waals surface area contributed by atoms with Gasteiger partial charge in [-0.2, -0.15) is 0 Å². The van der Waals surface area contributed by atoms with Gasteiger partial charge in [-0.05, 0) is 24.3 Å². The molecule has 0 bridgehead atoms. The van der Waals surface area contributed by atoms with Crippen molar-refractivity contribution in [2.45, 2.75) is 18.6 Å². The van der Waals surface area contributed by atoms with Gasteiger partial charge in [0.2, 0.25) is 10.1 Å². The molecule has 0 saturated carbocycles. The van der Waals surface area contributed by atoms with E-state index in [0.29, 0.717) is 13.2 Å². The summed E-state index contributed by atoms with van der Waals surface area (Å²) >= 11 is 1.56. The molecule has 0 unspecified atom stereocenters. The minimum Gasteiger partial charge on any atom is -0.347 e. The van der Waals surface area contributed by atoms with Gasteiger partial charge in [-0.3, -0.25) is 0 Å². The first-order valence-electron chi connectivity index (χ1n) is 8.36. The van der Waals surface area contributed by atoms with Crippen molar-refractivity contribution < 1.29 is 13.9 Å². The van der Waals surface area contributed by atoms with Crippen LogP contribution in [0.1, 0.15) is 12.8 Å². The van der Waals surface area contributed by atoms with Crippen molar-refractivity contribution in [3.05, 3.63) is 36.3 Å². The lowest BCUT2D eigenvalue weighted by Crippen LogP contribution is -2.45. The van der Waals surface area contributed by atoms with Crippen LogP contribution in [0.5, 0.6) is 0 Å². The Morgan fingerprint density at radius 1 is 1.08 bits per heavy atom. The Hall–Kier alpha value is -2.03. The third kappa shape index (κ3) is 2.70. The third-order valence-electron chi connectivity index (χ3n) is 4.78. The molecule has 0 N–H and O–H groups in total. The number of aromatic nitrogens is 3. The largest absolute Gasteiger partial charge is 0.347 e. The molecule has 2 fully saturated rings. The fraction of sp³-hybridized carbons (Fsp3) is 0.412. The quantitative estimate of drug-likeness (QED) is 0.703. The average molecular weight is 360 g/mol. The van der Waals surface area contributed by atoms with Gasteiger partial charge in [0, 0.05) is 31.5 Å². The first-order chi connectivity index (χ1) is 12.2. The molecular weight excluding hydrogens is 343 g/mol. The molecule has 1 spiro atoms. The van der Waals surface area contributed by atoms with Crippen molar-refractivity contribution in [1.82, 2.24) is 14.6 Å². The highest BCUT2D eigenvalue weighted by atomic mass is 32.1. The molecule has 25 heavy (non-hydrogen) atoms. The summed E-state index contributed by atoms with van der Waals surface area (Å²) in [7, 11) is 0. The molecule has 0 aliphatic carbocycles. The fourth-order valence-electron chi connectivity index (χ4n) is 3.40. The second-order valence-corrected chi connectivity index (χ2v) is 7.27. The Morgan fingerprint density at radius 2 is 1.80 bits per heavy atom. The molecule has 2 saturated heterocycles. The van der Waals surface area contributed by atoms with E-state index in [-0.39, 0.29) is 11.6 Å². The maximum atomic E-state index is 13.1. The lowest BCUT2D eigenvalue weighted by Gasteiger charge is -2.37. The molecule has 0 amide bonds. The van der Waals surface area contributed by atoms with Crippen LogP contribution in [0, 0.1) is 5.82 Å². The molecule has 130 valence electrons. The highest BCUT2D eigenvalue weighted by molar-refractivity contribution is 7.20. The number of hydrogen-bond donors (Lipinski definition) is 0. The molecule has 5 rings (SSSR count). The minimum absolute atomic E-state index is 0.247. The first kappa shape index (κ1) is 15.2. The highest BCUT2D eigenvalue weighted by Crippen LogP contribution is 2.35. The number of anilines is 1. The Labute approximate surface area is 147 Å². The smallest absolute Gasteiger partial charge is 0.214 e. The monoisotopic (exact) mass is 360 g/mol. The van der Waals surface area contributed by atoms with Crippen LogP contribution in [0.3, 0.4) is 0 Å². The molecule has 6 nitrogen and oxygen atoms in total. The average Bonchev–Trinajstić information content (AvgIpc) is 3.32. The fourth-order valence-corrected chi connectivity index (χ4v) is 4.34. The van der Waals surface area contributed by atoms with E-state index in [1.165, 1.54) is 12.1 Å². The van der Waals surface area contributed by atoms with Crippen LogP contribution in [0.25, 0.3) is 16.2 Å². The van der Waals surface area contributed by atoms with Gasteiger partial charge in [0.05, 0.1) is 25.1 Å². The number of ether oxygens (including phenoxy) is 2. The lowest BCUT2D eigenvalue weighted by molar-refractivity contribution is -0.169. The molecule has 2 aromatic heterocycles. The third-order valence-corrected chi connectivity index (χ3v) is 5.77. The summed E-state index contributed by atoms with van der Waals surface area (Å²) in [5, 5.41) is 5.62. The molecule has 1 aromatic carbocycles. The number of imidazole rings is 1. The van der Waals surface area contributed by atoms with Crippen molar-refractivity contribution in [3.8, 4) is 11.3 Å². The zero-order valence-electron chi connectivity index (χ0n) is 13.5. The van der Waals surface area contributed by atoms with Gasteiger partial charge in [0.1, 0.15) is 5.82 Å². The second-order valence-electron chi connectivity index (χ2n) is 6.34. The summed E-state index contributed by atoms with van der Waals surface area (Å²) in [4.78, 5) is 7.71. The summed E-state index contributed by atoms with van der Waals surface area (Å²) in [6.07, 6.45) is 3.60. The number of halogens is 1. The van der Waals surface area contributed by atoms with E-state index in [9.17, 15) is 4.39 Å². The van der Waals surface area contributed by atoms with Crippen LogP contribution in [0.2, 0.25) is 0 Å². The van der Waals surface area contributed by atoms with Gasteiger partial charge < -0.3 is 14.4 Å². The number of piperidine rings is 1. The van der Waals surface area contributed by atoms with E-state index in [1.807, 2.05) is 6.20 Å². The normalized spacial score (nSPS) is 20.0. The molecule has 0 radical (unpaired) electrons. The van der Waals surface area contributed by atoms with Crippen LogP contribution >= 0.6 is 11.3 Å². The van der Waals surface area contributed by atoms with E-state index in [4.69, 9.17) is 9.47 Å². The summed E-state index contributed by atoms with van der Waals surface area (Å²) in [5.41, 5.74) is 1.69. The Morgan fingerprint density at radius 3 is 2.48 bits per heavy atom. The summed E-state index contributed by atoms with van der Waals surface area (Å²) in [6, 6.07) is 6.35. The van der Waals surface area contributed by atoms with Crippen molar-refractivity contribution in [2.75, 3.05) is 31.2 Å². The SMILES string of the molecule is Fc1ccc(-c2cn3nc(N4CCC5(CC4)OCCO5)sc3n2)cc1. The van der Waals surface area contributed by atoms with Gasteiger partial charge in [-0.15, -0.1) is 5.10 Å². The van der Waals surface area contributed by atoms with E-state index in [1.54, 1.807) is 28.0 Å². The van der Waals surface area contributed by atoms with Crippen LogP contribution < -0.4 is 4.90 Å². The predicted molar refractivity (Wildman–Crippen MR) is 92.3 cm³/mol. The zero-order valence-corrected chi connectivity index (χ0v) is 14.3. The summed E-state index contributed by atoms with van der Waals surface area (Å²) in [5.74, 6) is -0.618. The maximum absolute atomic E-state index is 13.1. The van der Waals surface area contributed by atoms with Gasteiger partial charge in [0.15, 0.2) is 5.79 Å². The second kappa shape index (κ2) is 5.76. The van der Waals surface area contributed by atoms with Gasteiger partial charge in [0.25, 0.3) is 0 Å². The Bertz CT molecular complexity index is 860. The van der Waals surface area contributed by atoms with Crippen molar-refractivity contribution in [1.29, 1.82) is 0 Å². The highest BCUT2D eigenvalue weighted by Gasteiger charge is 2.40. The number of benzene rings is 1. The molecule has 8 heteroatoms. The standard InChI is InChI=1S/C17H17FN4O2S/c18-13-3-1-12(2-4-13)14-11-22-15(19-14)25-16(20-22)21-7-5-17(6-8-21)23-9-10-24-17/h1-4,11H,5-10H2. The van der Waals surface area contributed by atoms with Crippen molar-refractivity contribution >= 4 is 21.4 Å². The molecule has 0 atom stereocenters. The summed E-state index contributed by atoms with van der Waals surface area (Å²) < 4.78 is 26.4. The number of fused-ring (bicyclic) bond motifs is 1. The van der Waals surface area contributed by atoms with E-state index in [2.05, 4.69) is 15.0 Å². The van der Waals surface area contributed by atoms with Crippen LogP contribution in [-0.2, 0) is 9.47 Å². The van der Waals surface area contributed by atoms with E-state index >= 15 is 0 Å². The zero-order chi connectivity index (χ0) is 16.9. The van der Waals surface area contributed by atoms with Gasteiger partial charge >= 0.3 is 0 Å². The Balaban J connectivity index is 1.35. The summed E-state index contributed by atoms with van der Waals surface area (Å²) in [6.45, 7) is 3.11. The number of hydrogen-bond acceptors (Lipinski definition) is 6. The topological polar surface area (TPSA) is 51.9 Å². The lowest BCUT2D eigenvalue weighted by atomic mass is 10.0. The van der Waals surface area contributed by atoms with Crippen LogP contribution in [0.4, 0.5) is 9.52 Å². The molecule has 2 aliphatic rings. The van der Waals surface area contributed by atoms with Crippen LogP contribution in [-0.4, -0.2) is 46.7 Å².